The van der Waals surface area contributed by atoms with Gasteiger partial charge in [-0.25, -0.2) is 19.3 Å². The summed E-state index contributed by atoms with van der Waals surface area (Å²) < 4.78 is 20.5. The van der Waals surface area contributed by atoms with Crippen molar-refractivity contribution in [1.82, 2.24) is 19.9 Å². The van der Waals surface area contributed by atoms with Gasteiger partial charge in [0.15, 0.2) is 11.0 Å². The second kappa shape index (κ2) is 10.7. The second-order valence-corrected chi connectivity index (χ2v) is 11.5. The van der Waals surface area contributed by atoms with E-state index >= 15 is 0 Å². The van der Waals surface area contributed by atoms with Crippen molar-refractivity contribution in [3.8, 4) is 11.1 Å². The molecule has 2 aromatic heterocycles. The molecule has 3 atom stereocenters. The zero-order valence-electron chi connectivity index (χ0n) is 20.7. The number of fused-ring (bicyclic) bond motifs is 1. The van der Waals surface area contributed by atoms with Gasteiger partial charge < -0.3 is 15.2 Å². The molecule has 1 amide bonds. The topological polar surface area (TPSA) is 100 Å². The maximum Gasteiger partial charge on any atom is 0.229 e. The van der Waals surface area contributed by atoms with E-state index in [1.165, 1.54) is 11.3 Å². The van der Waals surface area contributed by atoms with E-state index in [0.29, 0.717) is 30.0 Å². The number of aliphatic hydroxyl groups excluding tert-OH is 1. The number of carbonyl (C=O) groups excluding carboxylic acids is 1. The number of nitrogens with zero attached hydrogens (tertiary/aromatic N) is 4. The second-order valence-electron chi connectivity index (χ2n) is 10.5. The summed E-state index contributed by atoms with van der Waals surface area (Å²) in [5.41, 5.74) is 2.69. The number of carbonyl (C=O) groups is 1. The highest BCUT2D eigenvalue weighted by Gasteiger charge is 2.39. The zero-order valence-corrected chi connectivity index (χ0v) is 21.5. The van der Waals surface area contributed by atoms with Crippen LogP contribution in [0.2, 0.25) is 0 Å². The first-order valence-corrected chi connectivity index (χ1v) is 14.0. The third-order valence-corrected chi connectivity index (χ3v) is 8.83. The normalized spacial score (nSPS) is 28.3. The molecule has 1 aliphatic heterocycles. The number of ether oxygens (including phenoxy) is 1. The van der Waals surface area contributed by atoms with Crippen LogP contribution in [0.4, 0.5) is 9.52 Å². The van der Waals surface area contributed by atoms with Crippen molar-refractivity contribution in [1.29, 1.82) is 0 Å². The highest BCUT2D eigenvalue weighted by atomic mass is 32.1. The first-order chi connectivity index (χ1) is 18.0. The smallest absolute Gasteiger partial charge is 0.229 e. The molecule has 3 heterocycles. The molecule has 2 aliphatic carbocycles. The Morgan fingerprint density at radius 3 is 2.76 bits per heavy atom. The number of piperidine rings is 1. The fourth-order valence-corrected chi connectivity index (χ4v) is 6.52. The number of thiazole rings is 1. The van der Waals surface area contributed by atoms with Gasteiger partial charge in [0.2, 0.25) is 5.91 Å². The van der Waals surface area contributed by atoms with Crippen molar-refractivity contribution in [3.05, 3.63) is 36.4 Å². The highest BCUT2D eigenvalue weighted by molar-refractivity contribution is 7.22. The van der Waals surface area contributed by atoms with Crippen molar-refractivity contribution in [2.75, 3.05) is 18.4 Å². The van der Waals surface area contributed by atoms with E-state index in [-0.39, 0.29) is 24.5 Å². The summed E-state index contributed by atoms with van der Waals surface area (Å²) >= 11 is 1.45. The van der Waals surface area contributed by atoms with Crippen LogP contribution in [0.3, 0.4) is 0 Å². The number of rotatable bonds is 7. The summed E-state index contributed by atoms with van der Waals surface area (Å²) in [5, 5.41) is 13.5. The quantitative estimate of drug-likeness (QED) is 0.473. The Balaban J connectivity index is 1.04. The van der Waals surface area contributed by atoms with Crippen molar-refractivity contribution in [2.45, 2.75) is 76.0 Å². The van der Waals surface area contributed by atoms with Crippen molar-refractivity contribution in [2.24, 2.45) is 5.92 Å². The summed E-state index contributed by atoms with van der Waals surface area (Å²) in [4.78, 5) is 28.4. The number of alkyl halides is 1. The molecule has 1 saturated heterocycles. The van der Waals surface area contributed by atoms with Crippen LogP contribution in [0, 0.1) is 5.92 Å². The predicted molar refractivity (Wildman–Crippen MR) is 140 cm³/mol. The van der Waals surface area contributed by atoms with Gasteiger partial charge in [-0.05, 0) is 69.2 Å². The Kier molecular flexibility index (Phi) is 7.16. The van der Waals surface area contributed by atoms with Crippen molar-refractivity contribution >= 4 is 32.6 Å². The van der Waals surface area contributed by atoms with Gasteiger partial charge in [0.1, 0.15) is 12.8 Å². The number of aromatic nitrogens is 3. The molecule has 0 unspecified atom stereocenters. The minimum absolute atomic E-state index is 0.000618. The van der Waals surface area contributed by atoms with Crippen molar-refractivity contribution < 1.29 is 19.0 Å². The van der Waals surface area contributed by atoms with E-state index < -0.39 is 12.3 Å². The number of hydrogen-bond donors (Lipinski definition) is 2. The lowest BCUT2D eigenvalue weighted by Crippen LogP contribution is -2.51. The van der Waals surface area contributed by atoms with Gasteiger partial charge in [-0.1, -0.05) is 17.4 Å². The van der Waals surface area contributed by atoms with Gasteiger partial charge in [0.25, 0.3) is 0 Å². The standard InChI is InChI=1S/C27H32FN5O3S/c28-19-3-2-8-33(14-19)20-9-17(10-20)26(35)32-27-31-21-7-6-16(11-24(21)37-27)18-12-29-25(30-13-18)15-36-23-5-1-4-22(23)34/h6-7,11-13,17,19-20,22-23,34H,1-5,8-10,14-15H2,(H,31,32,35)/t17?,19-,20?,22+,23+/m1/s1. The van der Waals surface area contributed by atoms with Gasteiger partial charge in [0, 0.05) is 36.5 Å². The first-order valence-electron chi connectivity index (χ1n) is 13.2. The Hall–Kier alpha value is -2.53. The number of nitrogens with one attached hydrogen (secondary N) is 1. The number of amides is 1. The minimum Gasteiger partial charge on any atom is -0.390 e. The number of benzene rings is 1. The lowest BCUT2D eigenvalue weighted by atomic mass is 9.78. The van der Waals surface area contributed by atoms with E-state index in [9.17, 15) is 14.3 Å². The molecule has 6 rings (SSSR count). The number of aliphatic hydroxyl groups is 1. The molecule has 37 heavy (non-hydrogen) atoms. The van der Waals surface area contributed by atoms with E-state index in [0.717, 1.165) is 66.4 Å². The van der Waals surface area contributed by atoms with E-state index in [1.807, 2.05) is 18.2 Å². The number of hydrogen-bond acceptors (Lipinski definition) is 8. The Labute approximate surface area is 219 Å². The van der Waals surface area contributed by atoms with Crippen LogP contribution >= 0.6 is 11.3 Å². The van der Waals surface area contributed by atoms with E-state index in [1.54, 1.807) is 12.4 Å². The summed E-state index contributed by atoms with van der Waals surface area (Å²) in [6.07, 6.45) is 8.09. The minimum atomic E-state index is -0.732. The molecule has 0 radical (unpaired) electrons. The third-order valence-electron chi connectivity index (χ3n) is 7.90. The maximum atomic E-state index is 13.7. The molecule has 3 aliphatic rings. The van der Waals surface area contributed by atoms with Gasteiger partial charge in [-0.3, -0.25) is 9.69 Å². The summed E-state index contributed by atoms with van der Waals surface area (Å²) in [5.74, 6) is 0.555. The van der Waals surface area contributed by atoms with Gasteiger partial charge in [-0.15, -0.1) is 0 Å². The maximum absolute atomic E-state index is 13.7. The summed E-state index contributed by atoms with van der Waals surface area (Å²) in [6, 6.07) is 6.28. The molecule has 1 aromatic carbocycles. The van der Waals surface area contributed by atoms with Crippen LogP contribution in [-0.4, -0.2) is 68.4 Å². The Bertz CT molecular complexity index is 1250. The summed E-state index contributed by atoms with van der Waals surface area (Å²) in [6.45, 7) is 1.73. The molecule has 2 N–H and O–H groups in total. The lowest BCUT2D eigenvalue weighted by molar-refractivity contribution is -0.124. The molecular weight excluding hydrogens is 493 g/mol. The van der Waals surface area contributed by atoms with Crippen LogP contribution in [-0.2, 0) is 16.1 Å². The van der Waals surface area contributed by atoms with E-state index in [2.05, 4.69) is 25.2 Å². The SMILES string of the molecule is O=C(Nc1nc2ccc(-c3cnc(CO[C@H]4CCC[C@@H]4O)nc3)cc2s1)C1CC(N2CCC[C@@H](F)C2)C1. The molecule has 10 heteroatoms. The molecular formula is C27H32FN5O3S. The van der Waals surface area contributed by atoms with Crippen LogP contribution < -0.4 is 5.32 Å². The molecule has 2 saturated carbocycles. The number of anilines is 1. The first kappa shape index (κ1) is 24.8. The largest absolute Gasteiger partial charge is 0.390 e. The third kappa shape index (κ3) is 5.52. The van der Waals surface area contributed by atoms with Crippen LogP contribution in [0.1, 0.15) is 50.8 Å². The molecule has 8 nitrogen and oxygen atoms in total. The van der Waals surface area contributed by atoms with Crippen LogP contribution in [0.15, 0.2) is 30.6 Å². The number of halogens is 1. The monoisotopic (exact) mass is 525 g/mol. The van der Waals surface area contributed by atoms with Crippen molar-refractivity contribution in [3.63, 3.8) is 0 Å². The molecule has 3 aromatic rings. The lowest BCUT2D eigenvalue weighted by Gasteiger charge is -2.44. The van der Waals surface area contributed by atoms with Gasteiger partial charge in [-0.2, -0.15) is 0 Å². The number of likely N-dealkylation sites (tertiary alicyclic amines) is 1. The Morgan fingerprint density at radius 2 is 2.00 bits per heavy atom. The highest BCUT2D eigenvalue weighted by Crippen LogP contribution is 2.36. The average molecular weight is 526 g/mol. The van der Waals surface area contributed by atoms with E-state index in [4.69, 9.17) is 4.74 Å². The fraction of sp³-hybridized carbons (Fsp3) is 0.556. The zero-order chi connectivity index (χ0) is 25.4. The van der Waals surface area contributed by atoms with Gasteiger partial charge in [0.05, 0.1) is 22.4 Å². The van der Waals surface area contributed by atoms with Crippen LogP contribution in [0.5, 0.6) is 0 Å². The molecule has 0 bridgehead atoms. The van der Waals surface area contributed by atoms with Crippen LogP contribution in [0.25, 0.3) is 21.3 Å². The predicted octanol–water partition coefficient (Wildman–Crippen LogP) is 4.33. The molecule has 3 fully saturated rings. The average Bonchev–Trinajstić information content (AvgIpc) is 3.46. The molecule has 0 spiro atoms. The van der Waals surface area contributed by atoms with Gasteiger partial charge >= 0.3 is 0 Å². The molecule has 196 valence electrons. The fourth-order valence-electron chi connectivity index (χ4n) is 5.61. The summed E-state index contributed by atoms with van der Waals surface area (Å²) in [7, 11) is 0. The Morgan fingerprint density at radius 1 is 1.16 bits per heavy atom.